The molecule has 0 radical (unpaired) electrons. The highest BCUT2D eigenvalue weighted by molar-refractivity contribution is 7.98. The SMILES string of the molecule is O=S(=O)(c1ccc(CSc2nnc(-c3ccc(Cl)cc3)o2)o1)N1CCCC1. The zero-order chi connectivity index (χ0) is 18.9. The molecule has 4 rings (SSSR count). The number of hydrogen-bond acceptors (Lipinski definition) is 7. The molecule has 0 amide bonds. The van der Waals surface area contributed by atoms with Gasteiger partial charge in [-0.1, -0.05) is 23.4 Å². The van der Waals surface area contributed by atoms with Crippen LogP contribution in [0.15, 0.2) is 55.5 Å². The first-order valence-corrected chi connectivity index (χ1v) is 11.1. The summed E-state index contributed by atoms with van der Waals surface area (Å²) < 4.78 is 37.6. The van der Waals surface area contributed by atoms with E-state index in [9.17, 15) is 8.42 Å². The average Bonchev–Trinajstić information content (AvgIpc) is 3.41. The number of nitrogens with zero attached hydrogens (tertiary/aromatic N) is 3. The van der Waals surface area contributed by atoms with Gasteiger partial charge in [-0.2, -0.15) is 4.31 Å². The lowest BCUT2D eigenvalue weighted by Gasteiger charge is -2.12. The molecule has 0 spiro atoms. The molecule has 142 valence electrons. The second-order valence-corrected chi connectivity index (χ2v) is 9.23. The van der Waals surface area contributed by atoms with Crippen LogP contribution in [0, 0.1) is 0 Å². The number of hydrogen-bond donors (Lipinski definition) is 0. The number of rotatable bonds is 6. The monoisotopic (exact) mass is 425 g/mol. The van der Waals surface area contributed by atoms with Crippen molar-refractivity contribution in [1.29, 1.82) is 0 Å². The van der Waals surface area contributed by atoms with Crippen molar-refractivity contribution in [3.8, 4) is 11.5 Å². The number of halogens is 1. The number of furan rings is 1. The van der Waals surface area contributed by atoms with Crippen LogP contribution >= 0.6 is 23.4 Å². The van der Waals surface area contributed by atoms with Crippen LogP contribution in [0.3, 0.4) is 0 Å². The van der Waals surface area contributed by atoms with E-state index >= 15 is 0 Å². The van der Waals surface area contributed by atoms with Crippen LogP contribution in [-0.2, 0) is 15.8 Å². The van der Waals surface area contributed by atoms with E-state index in [1.807, 2.05) is 0 Å². The largest absolute Gasteiger partial charge is 0.447 e. The molecule has 3 heterocycles. The molecule has 0 aliphatic carbocycles. The summed E-state index contributed by atoms with van der Waals surface area (Å²) in [5.41, 5.74) is 0.774. The first kappa shape index (κ1) is 18.5. The van der Waals surface area contributed by atoms with E-state index < -0.39 is 10.0 Å². The lowest BCUT2D eigenvalue weighted by atomic mass is 10.2. The number of benzene rings is 1. The van der Waals surface area contributed by atoms with E-state index in [2.05, 4.69) is 10.2 Å². The molecule has 0 saturated carbocycles. The van der Waals surface area contributed by atoms with Crippen molar-refractivity contribution in [2.24, 2.45) is 0 Å². The summed E-state index contributed by atoms with van der Waals surface area (Å²) in [5, 5.41) is 8.99. The summed E-state index contributed by atoms with van der Waals surface area (Å²) in [4.78, 5) is 0. The minimum absolute atomic E-state index is 0.0209. The molecule has 1 saturated heterocycles. The first-order valence-electron chi connectivity index (χ1n) is 8.33. The van der Waals surface area contributed by atoms with Gasteiger partial charge in [0.1, 0.15) is 5.76 Å². The molecule has 0 bridgehead atoms. The third-order valence-corrected chi connectivity index (χ3v) is 7.00. The summed E-state index contributed by atoms with van der Waals surface area (Å²) in [5.74, 6) is 1.31. The van der Waals surface area contributed by atoms with Gasteiger partial charge in [-0.25, -0.2) is 8.42 Å². The van der Waals surface area contributed by atoms with Crippen molar-refractivity contribution >= 4 is 33.4 Å². The first-order chi connectivity index (χ1) is 13.0. The van der Waals surface area contributed by atoms with Crippen molar-refractivity contribution in [3.05, 3.63) is 47.2 Å². The molecule has 2 aromatic heterocycles. The Kier molecular flexibility index (Phi) is 5.27. The fourth-order valence-corrected chi connectivity index (χ4v) is 4.97. The Balaban J connectivity index is 1.41. The average molecular weight is 426 g/mol. The topological polar surface area (TPSA) is 89.4 Å². The molecule has 1 aromatic carbocycles. The Morgan fingerprint density at radius 3 is 2.52 bits per heavy atom. The van der Waals surface area contributed by atoms with E-state index in [0.29, 0.717) is 40.7 Å². The molecular weight excluding hydrogens is 410 g/mol. The van der Waals surface area contributed by atoms with Crippen LogP contribution < -0.4 is 0 Å². The van der Waals surface area contributed by atoms with E-state index in [4.69, 9.17) is 20.4 Å². The zero-order valence-electron chi connectivity index (χ0n) is 14.2. The van der Waals surface area contributed by atoms with E-state index in [-0.39, 0.29) is 5.09 Å². The van der Waals surface area contributed by atoms with E-state index in [1.165, 1.54) is 22.1 Å². The molecule has 0 atom stereocenters. The van der Waals surface area contributed by atoms with Crippen molar-refractivity contribution < 1.29 is 17.3 Å². The fourth-order valence-electron chi connectivity index (χ4n) is 2.74. The van der Waals surface area contributed by atoms with Crippen LogP contribution in [0.1, 0.15) is 18.6 Å². The maximum Gasteiger partial charge on any atom is 0.277 e. The highest BCUT2D eigenvalue weighted by Crippen LogP contribution is 2.29. The second-order valence-electron chi connectivity index (χ2n) is 6.00. The van der Waals surface area contributed by atoms with E-state index in [1.54, 1.807) is 30.3 Å². The summed E-state index contributed by atoms with van der Waals surface area (Å²) in [7, 11) is -3.54. The van der Waals surface area contributed by atoms with Gasteiger partial charge < -0.3 is 8.83 Å². The maximum atomic E-state index is 12.5. The molecule has 27 heavy (non-hydrogen) atoms. The Morgan fingerprint density at radius 1 is 1.04 bits per heavy atom. The molecule has 0 unspecified atom stereocenters. The van der Waals surface area contributed by atoms with Gasteiger partial charge in [-0.05, 0) is 49.2 Å². The Hall–Kier alpha value is -1.81. The second kappa shape index (κ2) is 7.67. The van der Waals surface area contributed by atoms with Crippen LogP contribution in [0.4, 0.5) is 0 Å². The summed E-state index contributed by atoms with van der Waals surface area (Å²) in [6.07, 6.45) is 1.77. The third-order valence-electron chi connectivity index (χ3n) is 4.13. The van der Waals surface area contributed by atoms with E-state index in [0.717, 1.165) is 18.4 Å². The van der Waals surface area contributed by atoms with Gasteiger partial charge in [0.15, 0.2) is 0 Å². The molecule has 10 heteroatoms. The van der Waals surface area contributed by atoms with Crippen molar-refractivity contribution in [3.63, 3.8) is 0 Å². The highest BCUT2D eigenvalue weighted by Gasteiger charge is 2.30. The van der Waals surface area contributed by atoms with Gasteiger partial charge in [-0.3, -0.25) is 0 Å². The molecule has 3 aromatic rings. The van der Waals surface area contributed by atoms with Crippen LogP contribution in [0.5, 0.6) is 0 Å². The zero-order valence-corrected chi connectivity index (χ0v) is 16.6. The van der Waals surface area contributed by atoms with Crippen molar-refractivity contribution in [2.45, 2.75) is 28.9 Å². The normalized spacial score (nSPS) is 15.4. The van der Waals surface area contributed by atoms with Crippen LogP contribution in [0.25, 0.3) is 11.5 Å². The van der Waals surface area contributed by atoms with Crippen LogP contribution in [-0.4, -0.2) is 36.0 Å². The standard InChI is InChI=1S/C17H16ClN3O4S2/c18-13-5-3-12(4-6-13)16-19-20-17(25-16)26-11-14-7-8-15(24-14)27(22,23)21-9-1-2-10-21/h3-8H,1-2,9-11H2. The number of aromatic nitrogens is 2. The fraction of sp³-hybridized carbons (Fsp3) is 0.294. The summed E-state index contributed by atoms with van der Waals surface area (Å²) >= 11 is 7.15. The molecule has 7 nitrogen and oxygen atoms in total. The Morgan fingerprint density at radius 2 is 1.78 bits per heavy atom. The summed E-state index contributed by atoms with van der Waals surface area (Å²) in [6, 6.07) is 10.2. The third kappa shape index (κ3) is 4.06. The maximum absolute atomic E-state index is 12.5. The molecular formula is C17H16ClN3O4S2. The predicted molar refractivity (Wildman–Crippen MR) is 101 cm³/mol. The molecule has 1 aliphatic heterocycles. The minimum atomic E-state index is -3.54. The van der Waals surface area contributed by atoms with Gasteiger partial charge in [0, 0.05) is 23.7 Å². The van der Waals surface area contributed by atoms with Crippen molar-refractivity contribution in [1.82, 2.24) is 14.5 Å². The number of thioether (sulfide) groups is 1. The highest BCUT2D eigenvalue weighted by atomic mass is 35.5. The lowest BCUT2D eigenvalue weighted by molar-refractivity contribution is 0.396. The molecule has 0 N–H and O–H groups in total. The van der Waals surface area contributed by atoms with Gasteiger partial charge in [0.05, 0.1) is 5.75 Å². The van der Waals surface area contributed by atoms with Crippen LogP contribution in [0.2, 0.25) is 5.02 Å². The van der Waals surface area contributed by atoms with Crippen molar-refractivity contribution in [2.75, 3.05) is 13.1 Å². The molecule has 1 fully saturated rings. The molecule has 1 aliphatic rings. The number of sulfonamides is 1. The van der Waals surface area contributed by atoms with Gasteiger partial charge in [-0.15, -0.1) is 10.2 Å². The Labute approximate surface area is 165 Å². The van der Waals surface area contributed by atoms with Gasteiger partial charge in [0.25, 0.3) is 15.2 Å². The Bertz CT molecular complexity index is 1020. The quantitative estimate of drug-likeness (QED) is 0.550. The van der Waals surface area contributed by atoms with Gasteiger partial charge >= 0.3 is 0 Å². The minimum Gasteiger partial charge on any atom is -0.447 e. The summed E-state index contributed by atoms with van der Waals surface area (Å²) in [6.45, 7) is 1.09. The predicted octanol–water partition coefficient (Wildman–Crippen LogP) is 4.06. The van der Waals surface area contributed by atoms with Gasteiger partial charge in [0.2, 0.25) is 11.0 Å². The smallest absolute Gasteiger partial charge is 0.277 e. The lowest BCUT2D eigenvalue weighted by Crippen LogP contribution is -2.27.